The summed E-state index contributed by atoms with van der Waals surface area (Å²) in [5.74, 6) is 0.0887. The number of amides is 2. The highest BCUT2D eigenvalue weighted by atomic mass is 35.5. The number of fused-ring (bicyclic) bond motifs is 1. The third kappa shape index (κ3) is 5.01. The predicted octanol–water partition coefficient (Wildman–Crippen LogP) is 3.59. The summed E-state index contributed by atoms with van der Waals surface area (Å²) in [7, 11) is 3.16. The van der Waals surface area contributed by atoms with Crippen molar-refractivity contribution in [3.8, 4) is 5.75 Å². The number of nitrogens with zero attached hydrogens (tertiary/aromatic N) is 2. The van der Waals surface area contributed by atoms with Crippen molar-refractivity contribution in [2.45, 2.75) is 25.8 Å². The lowest BCUT2D eigenvalue weighted by Crippen LogP contribution is -2.46. The summed E-state index contributed by atoms with van der Waals surface area (Å²) in [5, 5.41) is 3.25. The molecule has 1 atom stereocenters. The van der Waals surface area contributed by atoms with Crippen molar-refractivity contribution in [2.75, 3.05) is 37.5 Å². The SMILES string of the molecule is COc1ccc(Cl)cc1NC(=O)CN(C)C(=O)CN1c2ccccc2CC[C@@H]1C. The first kappa shape index (κ1) is 21.0. The molecule has 29 heavy (non-hydrogen) atoms. The maximum absolute atomic E-state index is 12.8. The smallest absolute Gasteiger partial charge is 0.244 e. The van der Waals surface area contributed by atoms with Crippen LogP contribution in [-0.2, 0) is 16.0 Å². The number of aryl methyl sites for hydroxylation is 1. The molecule has 0 spiro atoms. The van der Waals surface area contributed by atoms with Gasteiger partial charge in [0.25, 0.3) is 0 Å². The molecule has 0 aromatic heterocycles. The molecule has 0 radical (unpaired) electrons. The Kier molecular flexibility index (Phi) is 6.64. The minimum Gasteiger partial charge on any atom is -0.495 e. The molecule has 1 aliphatic rings. The van der Waals surface area contributed by atoms with Gasteiger partial charge in [-0.05, 0) is 49.6 Å². The summed E-state index contributed by atoms with van der Waals surface area (Å²) in [6.45, 7) is 2.31. The highest BCUT2D eigenvalue weighted by Crippen LogP contribution is 2.30. The second kappa shape index (κ2) is 9.18. The van der Waals surface area contributed by atoms with E-state index in [0.717, 1.165) is 18.5 Å². The number of benzene rings is 2. The molecule has 0 bridgehead atoms. The molecule has 2 aromatic rings. The van der Waals surface area contributed by atoms with E-state index >= 15 is 0 Å². The van der Waals surface area contributed by atoms with Gasteiger partial charge in [-0.25, -0.2) is 0 Å². The number of hydrogen-bond donors (Lipinski definition) is 1. The van der Waals surface area contributed by atoms with Crippen LogP contribution in [0.4, 0.5) is 11.4 Å². The van der Waals surface area contributed by atoms with Crippen LogP contribution in [0.15, 0.2) is 42.5 Å². The molecule has 7 heteroatoms. The van der Waals surface area contributed by atoms with Gasteiger partial charge in [-0.2, -0.15) is 0 Å². The summed E-state index contributed by atoms with van der Waals surface area (Å²) in [4.78, 5) is 28.8. The van der Waals surface area contributed by atoms with E-state index < -0.39 is 0 Å². The number of likely N-dealkylation sites (N-methyl/N-ethyl adjacent to an activating group) is 1. The van der Waals surface area contributed by atoms with E-state index in [0.29, 0.717) is 16.5 Å². The number of halogens is 1. The Morgan fingerprint density at radius 3 is 2.79 bits per heavy atom. The Morgan fingerprint density at radius 2 is 2.03 bits per heavy atom. The molecule has 0 saturated heterocycles. The van der Waals surface area contributed by atoms with Gasteiger partial charge < -0.3 is 19.9 Å². The van der Waals surface area contributed by atoms with Crippen LogP contribution < -0.4 is 15.0 Å². The number of rotatable bonds is 6. The molecular weight excluding hydrogens is 390 g/mol. The standard InChI is InChI=1S/C22H26ClN3O3/c1-15-8-9-16-6-4-5-7-19(16)26(15)14-22(28)25(2)13-21(27)24-18-12-17(23)10-11-20(18)29-3/h4-7,10-12,15H,8-9,13-14H2,1-3H3,(H,24,27)/t15-/m0/s1. The van der Waals surface area contributed by atoms with Gasteiger partial charge in [0.05, 0.1) is 25.9 Å². The molecule has 0 aliphatic carbocycles. The third-order valence-electron chi connectivity index (χ3n) is 5.21. The van der Waals surface area contributed by atoms with Crippen LogP contribution in [0.2, 0.25) is 5.02 Å². The van der Waals surface area contributed by atoms with E-state index in [1.54, 1.807) is 25.2 Å². The minimum absolute atomic E-state index is 0.0572. The van der Waals surface area contributed by atoms with E-state index in [2.05, 4.69) is 29.3 Å². The van der Waals surface area contributed by atoms with Gasteiger partial charge in [0.1, 0.15) is 5.75 Å². The van der Waals surface area contributed by atoms with Gasteiger partial charge in [-0.15, -0.1) is 0 Å². The number of para-hydroxylation sites is 1. The van der Waals surface area contributed by atoms with Crippen molar-refractivity contribution in [1.29, 1.82) is 0 Å². The van der Waals surface area contributed by atoms with Gasteiger partial charge in [0.15, 0.2) is 0 Å². The number of hydrogen-bond acceptors (Lipinski definition) is 4. The Balaban J connectivity index is 1.62. The van der Waals surface area contributed by atoms with Crippen LogP contribution in [0.25, 0.3) is 0 Å². The van der Waals surface area contributed by atoms with Crippen molar-refractivity contribution < 1.29 is 14.3 Å². The Hall–Kier alpha value is -2.73. The minimum atomic E-state index is -0.312. The summed E-state index contributed by atoms with van der Waals surface area (Å²) < 4.78 is 5.24. The first-order chi connectivity index (χ1) is 13.9. The summed E-state index contributed by atoms with van der Waals surface area (Å²) in [6, 6.07) is 13.4. The second-order valence-electron chi connectivity index (χ2n) is 7.29. The van der Waals surface area contributed by atoms with Crippen LogP contribution >= 0.6 is 11.6 Å². The van der Waals surface area contributed by atoms with Crippen LogP contribution in [0.5, 0.6) is 5.75 Å². The van der Waals surface area contributed by atoms with Crippen molar-refractivity contribution in [3.63, 3.8) is 0 Å². The molecule has 2 amide bonds. The zero-order valence-corrected chi connectivity index (χ0v) is 17.7. The predicted molar refractivity (Wildman–Crippen MR) is 116 cm³/mol. The summed E-state index contributed by atoms with van der Waals surface area (Å²) >= 11 is 6.00. The van der Waals surface area contributed by atoms with Gasteiger partial charge >= 0.3 is 0 Å². The van der Waals surface area contributed by atoms with Crippen LogP contribution in [-0.4, -0.2) is 50.0 Å². The molecule has 3 rings (SSSR count). The molecule has 1 N–H and O–H groups in total. The van der Waals surface area contributed by atoms with Crippen LogP contribution in [0.1, 0.15) is 18.9 Å². The topological polar surface area (TPSA) is 61.9 Å². The normalized spacial score (nSPS) is 15.4. The number of nitrogens with one attached hydrogen (secondary N) is 1. The van der Waals surface area contributed by atoms with Crippen LogP contribution in [0, 0.1) is 0 Å². The number of methoxy groups -OCH3 is 1. The Bertz CT molecular complexity index is 903. The van der Waals surface area contributed by atoms with E-state index in [9.17, 15) is 9.59 Å². The highest BCUT2D eigenvalue weighted by Gasteiger charge is 2.26. The summed E-state index contributed by atoms with van der Waals surface area (Å²) in [5.41, 5.74) is 2.83. The molecule has 0 unspecified atom stereocenters. The quantitative estimate of drug-likeness (QED) is 0.783. The first-order valence-corrected chi connectivity index (χ1v) is 9.98. The number of carbonyl (C=O) groups excluding carboxylic acids is 2. The molecule has 6 nitrogen and oxygen atoms in total. The van der Waals surface area contributed by atoms with Gasteiger partial charge in [-0.1, -0.05) is 29.8 Å². The average Bonchev–Trinajstić information content (AvgIpc) is 2.70. The maximum atomic E-state index is 12.8. The van der Waals surface area contributed by atoms with Crippen LogP contribution in [0.3, 0.4) is 0 Å². The maximum Gasteiger partial charge on any atom is 0.244 e. The van der Waals surface area contributed by atoms with E-state index in [1.165, 1.54) is 17.6 Å². The lowest BCUT2D eigenvalue weighted by atomic mass is 9.96. The fourth-order valence-corrected chi connectivity index (χ4v) is 3.71. The molecular formula is C22H26ClN3O3. The van der Waals surface area contributed by atoms with Gasteiger partial charge in [0, 0.05) is 23.8 Å². The second-order valence-corrected chi connectivity index (χ2v) is 7.72. The lowest BCUT2D eigenvalue weighted by molar-refractivity contribution is -0.132. The van der Waals surface area contributed by atoms with E-state index in [4.69, 9.17) is 16.3 Å². The zero-order valence-electron chi connectivity index (χ0n) is 16.9. The lowest BCUT2D eigenvalue weighted by Gasteiger charge is -2.37. The third-order valence-corrected chi connectivity index (χ3v) is 5.45. The first-order valence-electron chi connectivity index (χ1n) is 9.61. The Labute approximate surface area is 176 Å². The monoisotopic (exact) mass is 415 g/mol. The van der Waals surface area contributed by atoms with Gasteiger partial charge in [0.2, 0.25) is 11.8 Å². The molecule has 0 fully saturated rings. The molecule has 2 aromatic carbocycles. The number of carbonyl (C=O) groups is 2. The fraction of sp³-hybridized carbons (Fsp3) is 0.364. The van der Waals surface area contributed by atoms with Crippen molar-refractivity contribution >= 4 is 34.8 Å². The van der Waals surface area contributed by atoms with Crippen molar-refractivity contribution in [3.05, 3.63) is 53.1 Å². The van der Waals surface area contributed by atoms with Crippen molar-refractivity contribution in [2.24, 2.45) is 0 Å². The van der Waals surface area contributed by atoms with Crippen molar-refractivity contribution in [1.82, 2.24) is 4.90 Å². The Morgan fingerprint density at radius 1 is 1.28 bits per heavy atom. The largest absolute Gasteiger partial charge is 0.495 e. The molecule has 1 heterocycles. The van der Waals surface area contributed by atoms with Gasteiger partial charge in [-0.3, -0.25) is 9.59 Å². The number of anilines is 2. The molecule has 1 aliphatic heterocycles. The molecule has 0 saturated carbocycles. The highest BCUT2D eigenvalue weighted by molar-refractivity contribution is 6.31. The fourth-order valence-electron chi connectivity index (χ4n) is 3.54. The average molecular weight is 416 g/mol. The summed E-state index contributed by atoms with van der Waals surface area (Å²) in [6.07, 6.45) is 2.02. The number of ether oxygens (including phenoxy) is 1. The van der Waals surface area contributed by atoms with E-state index in [1.807, 2.05) is 12.1 Å². The zero-order chi connectivity index (χ0) is 21.0. The van der Waals surface area contributed by atoms with E-state index in [-0.39, 0.29) is 30.9 Å². The molecule has 154 valence electrons.